The molecule has 3 aromatic carbocycles. The second kappa shape index (κ2) is 10.4. The van der Waals surface area contributed by atoms with Crippen LogP contribution in [-0.2, 0) is 31.6 Å². The SMILES string of the molecule is O=C(O)N(Cc1cc(C(F)(F)F)cc(C(F)(F)F)c1)Cc1cc(C(F)(F)F)ccc1-c1cncc2ccccc12. The number of rotatable bonds is 5. The van der Waals surface area contributed by atoms with Crippen LogP contribution in [0.25, 0.3) is 21.9 Å². The number of hydrogen-bond acceptors (Lipinski definition) is 2. The number of halogens is 9. The van der Waals surface area contributed by atoms with E-state index in [1.54, 1.807) is 24.3 Å². The van der Waals surface area contributed by atoms with Crippen molar-refractivity contribution in [2.45, 2.75) is 31.6 Å². The van der Waals surface area contributed by atoms with E-state index in [-0.39, 0.29) is 17.2 Å². The van der Waals surface area contributed by atoms with E-state index >= 15 is 0 Å². The van der Waals surface area contributed by atoms with Gasteiger partial charge in [-0.25, -0.2) is 4.79 Å². The lowest BCUT2D eigenvalue weighted by molar-refractivity contribution is -0.143. The lowest BCUT2D eigenvalue weighted by Gasteiger charge is -2.23. The van der Waals surface area contributed by atoms with Gasteiger partial charge in [0.25, 0.3) is 0 Å². The summed E-state index contributed by atoms with van der Waals surface area (Å²) in [5.41, 5.74) is -4.74. The Hall–Kier alpha value is -4.29. The Kier molecular flexibility index (Phi) is 7.43. The minimum atomic E-state index is -5.17. The lowest BCUT2D eigenvalue weighted by Crippen LogP contribution is -2.29. The van der Waals surface area contributed by atoms with Crippen molar-refractivity contribution in [3.05, 3.63) is 101 Å². The summed E-state index contributed by atoms with van der Waals surface area (Å²) in [6.07, 6.45) is -14.1. The summed E-state index contributed by atoms with van der Waals surface area (Å²) in [5, 5.41) is 11.0. The molecular weight excluding hydrogens is 555 g/mol. The highest BCUT2D eigenvalue weighted by Gasteiger charge is 2.37. The third-order valence-electron chi connectivity index (χ3n) is 6.04. The Bertz CT molecular complexity index is 1520. The molecule has 210 valence electrons. The van der Waals surface area contributed by atoms with Gasteiger partial charge in [0.2, 0.25) is 0 Å². The van der Waals surface area contributed by atoms with Gasteiger partial charge >= 0.3 is 24.6 Å². The zero-order chi connectivity index (χ0) is 29.5. The number of alkyl halides is 9. The molecule has 0 saturated carbocycles. The van der Waals surface area contributed by atoms with Crippen molar-refractivity contribution in [3.63, 3.8) is 0 Å². The Morgan fingerprint density at radius 2 is 1.30 bits per heavy atom. The van der Waals surface area contributed by atoms with Gasteiger partial charge in [-0.05, 0) is 52.4 Å². The van der Waals surface area contributed by atoms with Crippen LogP contribution in [0.4, 0.5) is 44.3 Å². The standard InChI is InChI=1S/C27H17F9N2O2/c28-25(29,30)18-5-6-22(23-12-37-11-16-3-1-2-4-21(16)23)17(9-18)14-38(24(39)40)13-15-7-19(26(31,32)33)10-20(8-15)27(34,35)36/h1-12H,13-14H2,(H,39,40). The lowest BCUT2D eigenvalue weighted by atomic mass is 9.94. The fraction of sp³-hybridized carbons (Fsp3) is 0.185. The molecular formula is C27H17F9N2O2. The Balaban J connectivity index is 1.82. The molecule has 1 heterocycles. The molecule has 0 saturated heterocycles. The zero-order valence-corrected chi connectivity index (χ0v) is 20.0. The van der Waals surface area contributed by atoms with Gasteiger partial charge in [0.05, 0.1) is 16.7 Å². The van der Waals surface area contributed by atoms with Crippen LogP contribution in [0.3, 0.4) is 0 Å². The Morgan fingerprint density at radius 3 is 1.88 bits per heavy atom. The van der Waals surface area contributed by atoms with Crippen LogP contribution in [-0.4, -0.2) is 21.1 Å². The number of amides is 1. The van der Waals surface area contributed by atoms with Crippen molar-refractivity contribution < 1.29 is 49.4 Å². The number of pyridine rings is 1. The summed E-state index contributed by atoms with van der Waals surface area (Å²) in [6.45, 7) is -1.75. The molecule has 13 heteroatoms. The summed E-state index contributed by atoms with van der Waals surface area (Å²) < 4.78 is 120. The van der Waals surface area contributed by atoms with Gasteiger partial charge in [-0.1, -0.05) is 30.3 Å². The summed E-state index contributed by atoms with van der Waals surface area (Å²) in [7, 11) is 0. The van der Waals surface area contributed by atoms with E-state index in [9.17, 15) is 49.4 Å². The van der Waals surface area contributed by atoms with Gasteiger partial charge in [0.1, 0.15) is 0 Å². The Morgan fingerprint density at radius 1 is 0.700 bits per heavy atom. The zero-order valence-electron chi connectivity index (χ0n) is 20.0. The largest absolute Gasteiger partial charge is 0.465 e. The number of nitrogens with zero attached hydrogens (tertiary/aromatic N) is 2. The van der Waals surface area contributed by atoms with Crippen molar-refractivity contribution in [2.75, 3.05) is 0 Å². The maximum atomic E-state index is 13.6. The number of carbonyl (C=O) groups is 1. The molecule has 1 amide bonds. The van der Waals surface area contributed by atoms with Gasteiger partial charge in [0, 0.05) is 36.4 Å². The predicted octanol–water partition coefficient (Wildman–Crippen LogP) is 8.64. The van der Waals surface area contributed by atoms with E-state index in [1.807, 2.05) is 0 Å². The first-order valence-corrected chi connectivity index (χ1v) is 11.3. The van der Waals surface area contributed by atoms with Crippen LogP contribution in [0.2, 0.25) is 0 Å². The molecule has 0 aliphatic rings. The highest BCUT2D eigenvalue weighted by atomic mass is 19.4. The van der Waals surface area contributed by atoms with Crippen LogP contribution >= 0.6 is 0 Å². The normalized spacial score (nSPS) is 12.5. The fourth-order valence-corrected chi connectivity index (χ4v) is 4.22. The number of fused-ring (bicyclic) bond motifs is 1. The third kappa shape index (κ3) is 6.29. The van der Waals surface area contributed by atoms with Crippen molar-refractivity contribution >= 4 is 16.9 Å². The van der Waals surface area contributed by atoms with Crippen molar-refractivity contribution in [1.82, 2.24) is 9.88 Å². The minimum Gasteiger partial charge on any atom is -0.465 e. The van der Waals surface area contributed by atoms with E-state index in [4.69, 9.17) is 0 Å². The molecule has 0 fully saturated rings. The van der Waals surface area contributed by atoms with Crippen molar-refractivity contribution in [2.24, 2.45) is 0 Å². The molecule has 4 aromatic rings. The molecule has 1 aromatic heterocycles. The molecule has 1 N–H and O–H groups in total. The Labute approximate surface area is 220 Å². The van der Waals surface area contributed by atoms with Gasteiger partial charge in [-0.3, -0.25) is 9.88 Å². The first kappa shape index (κ1) is 28.7. The van der Waals surface area contributed by atoms with E-state index < -0.39 is 60.0 Å². The van der Waals surface area contributed by atoms with Crippen LogP contribution in [0.5, 0.6) is 0 Å². The quantitative estimate of drug-likeness (QED) is 0.244. The third-order valence-corrected chi connectivity index (χ3v) is 6.04. The second-order valence-electron chi connectivity index (χ2n) is 8.83. The molecule has 0 aliphatic heterocycles. The van der Waals surface area contributed by atoms with E-state index in [1.165, 1.54) is 12.4 Å². The molecule has 0 aliphatic carbocycles. The average Bonchev–Trinajstić information content (AvgIpc) is 2.86. The fourth-order valence-electron chi connectivity index (χ4n) is 4.22. The van der Waals surface area contributed by atoms with E-state index in [0.29, 0.717) is 39.4 Å². The monoisotopic (exact) mass is 572 g/mol. The molecule has 0 spiro atoms. The van der Waals surface area contributed by atoms with Gasteiger partial charge in [-0.2, -0.15) is 39.5 Å². The molecule has 40 heavy (non-hydrogen) atoms. The number of benzene rings is 3. The molecule has 4 rings (SSSR count). The summed E-state index contributed by atoms with van der Waals surface area (Å²) in [6, 6.07) is 9.98. The second-order valence-corrected chi connectivity index (χ2v) is 8.83. The highest BCUT2D eigenvalue weighted by molar-refractivity contribution is 5.96. The first-order chi connectivity index (χ1) is 18.5. The molecule has 0 unspecified atom stereocenters. The summed E-state index contributed by atoms with van der Waals surface area (Å²) in [4.78, 5) is 16.6. The van der Waals surface area contributed by atoms with Gasteiger partial charge < -0.3 is 5.11 Å². The molecule has 0 radical (unpaired) electrons. The number of hydrogen-bond donors (Lipinski definition) is 1. The van der Waals surface area contributed by atoms with Gasteiger partial charge in [-0.15, -0.1) is 0 Å². The van der Waals surface area contributed by atoms with Crippen molar-refractivity contribution in [1.29, 1.82) is 0 Å². The summed E-state index contributed by atoms with van der Waals surface area (Å²) >= 11 is 0. The molecule has 0 bridgehead atoms. The van der Waals surface area contributed by atoms with Crippen LogP contribution in [0.1, 0.15) is 27.8 Å². The van der Waals surface area contributed by atoms with E-state index in [2.05, 4.69) is 4.98 Å². The number of aromatic nitrogens is 1. The van der Waals surface area contributed by atoms with Crippen LogP contribution < -0.4 is 0 Å². The smallest absolute Gasteiger partial charge is 0.416 e. The summed E-state index contributed by atoms with van der Waals surface area (Å²) in [5.74, 6) is 0. The number of carboxylic acid groups (broad SMARTS) is 1. The van der Waals surface area contributed by atoms with Gasteiger partial charge in [0.15, 0.2) is 0 Å². The topological polar surface area (TPSA) is 53.4 Å². The van der Waals surface area contributed by atoms with Crippen LogP contribution in [0.15, 0.2) is 73.1 Å². The molecule has 0 atom stereocenters. The molecule has 4 nitrogen and oxygen atoms in total. The maximum absolute atomic E-state index is 13.6. The van der Waals surface area contributed by atoms with Crippen molar-refractivity contribution in [3.8, 4) is 11.1 Å². The minimum absolute atomic E-state index is 0.104. The maximum Gasteiger partial charge on any atom is 0.416 e. The first-order valence-electron chi connectivity index (χ1n) is 11.3. The average molecular weight is 572 g/mol. The predicted molar refractivity (Wildman–Crippen MR) is 126 cm³/mol. The van der Waals surface area contributed by atoms with Crippen LogP contribution in [0, 0.1) is 0 Å². The highest BCUT2D eigenvalue weighted by Crippen LogP contribution is 2.38. The van der Waals surface area contributed by atoms with E-state index in [0.717, 1.165) is 12.1 Å².